The molecular formula is C19H14N2O2. The lowest BCUT2D eigenvalue weighted by Crippen LogP contribution is -2.13. The summed E-state index contributed by atoms with van der Waals surface area (Å²) < 4.78 is 7.07. The Morgan fingerprint density at radius 1 is 0.870 bits per heavy atom. The number of rotatable bonds is 2. The van der Waals surface area contributed by atoms with Crippen molar-refractivity contribution in [3.63, 3.8) is 0 Å². The number of para-hydroxylation sites is 2. The van der Waals surface area contributed by atoms with Gasteiger partial charge in [-0.15, -0.1) is 0 Å². The van der Waals surface area contributed by atoms with Gasteiger partial charge in [-0.05, 0) is 24.3 Å². The van der Waals surface area contributed by atoms with Crippen LogP contribution in [-0.2, 0) is 11.3 Å². The van der Waals surface area contributed by atoms with E-state index in [9.17, 15) is 4.79 Å². The van der Waals surface area contributed by atoms with Gasteiger partial charge >= 0.3 is 6.09 Å². The molecule has 0 atom stereocenters. The maximum absolute atomic E-state index is 12.6. The number of pyridine rings is 1. The fourth-order valence-corrected chi connectivity index (χ4v) is 2.80. The molecule has 0 N–H and O–H groups in total. The highest BCUT2D eigenvalue weighted by Gasteiger charge is 2.16. The van der Waals surface area contributed by atoms with E-state index in [0.717, 1.165) is 27.5 Å². The molecule has 4 nitrogen and oxygen atoms in total. The smallest absolute Gasteiger partial charge is 0.419 e. The third kappa shape index (κ3) is 2.34. The first-order chi connectivity index (χ1) is 11.3. The number of hydrogen-bond acceptors (Lipinski definition) is 3. The zero-order valence-corrected chi connectivity index (χ0v) is 12.3. The molecule has 0 aliphatic heterocycles. The third-order valence-electron chi connectivity index (χ3n) is 3.83. The van der Waals surface area contributed by atoms with Crippen LogP contribution in [0.3, 0.4) is 0 Å². The molecule has 2 aromatic heterocycles. The lowest BCUT2D eigenvalue weighted by atomic mass is 10.2. The second-order valence-corrected chi connectivity index (χ2v) is 5.25. The van der Waals surface area contributed by atoms with Crippen LogP contribution in [0.4, 0.5) is 4.79 Å². The molecule has 0 aliphatic carbocycles. The van der Waals surface area contributed by atoms with E-state index in [4.69, 9.17) is 4.74 Å². The summed E-state index contributed by atoms with van der Waals surface area (Å²) in [5.74, 6) is 0. The first-order valence-electron chi connectivity index (χ1n) is 7.40. The summed E-state index contributed by atoms with van der Waals surface area (Å²) in [6.07, 6.45) is 1.29. The first-order valence-corrected chi connectivity index (χ1v) is 7.40. The van der Waals surface area contributed by atoms with E-state index in [2.05, 4.69) is 4.98 Å². The van der Waals surface area contributed by atoms with E-state index in [-0.39, 0.29) is 6.61 Å². The standard InChI is InChI=1S/C19H14N2O2/c22-19(23-13-14-7-5-6-12-20-14)21-17-10-3-1-8-15(17)16-9-2-4-11-18(16)21/h1-12H,13H2. The first kappa shape index (κ1) is 13.5. The minimum atomic E-state index is -0.395. The average molecular weight is 302 g/mol. The third-order valence-corrected chi connectivity index (χ3v) is 3.83. The molecule has 0 amide bonds. The Hall–Kier alpha value is -3.14. The van der Waals surface area contributed by atoms with Gasteiger partial charge in [-0.3, -0.25) is 4.98 Å². The van der Waals surface area contributed by atoms with Crippen LogP contribution in [0, 0.1) is 0 Å². The zero-order chi connectivity index (χ0) is 15.6. The summed E-state index contributed by atoms with van der Waals surface area (Å²) >= 11 is 0. The molecule has 4 heteroatoms. The number of fused-ring (bicyclic) bond motifs is 3. The van der Waals surface area contributed by atoms with Crippen molar-refractivity contribution in [2.24, 2.45) is 0 Å². The maximum atomic E-state index is 12.6. The van der Waals surface area contributed by atoms with Gasteiger partial charge < -0.3 is 4.74 Å². The van der Waals surface area contributed by atoms with E-state index < -0.39 is 6.09 Å². The van der Waals surface area contributed by atoms with E-state index in [1.165, 1.54) is 0 Å². The Bertz CT molecular complexity index is 937. The Labute approximate surface area is 132 Å². The molecular weight excluding hydrogens is 288 g/mol. The van der Waals surface area contributed by atoms with Gasteiger partial charge in [0, 0.05) is 17.0 Å². The highest BCUT2D eigenvalue weighted by atomic mass is 16.5. The quantitative estimate of drug-likeness (QED) is 0.552. The van der Waals surface area contributed by atoms with Crippen molar-refractivity contribution in [1.29, 1.82) is 0 Å². The molecule has 0 unspecified atom stereocenters. The molecule has 0 radical (unpaired) electrons. The molecule has 112 valence electrons. The minimum absolute atomic E-state index is 0.153. The lowest BCUT2D eigenvalue weighted by molar-refractivity contribution is 0.142. The average Bonchev–Trinajstić information content (AvgIpc) is 2.95. The SMILES string of the molecule is O=C(OCc1ccccn1)n1c2ccccc2c2ccccc21. The largest absolute Gasteiger partial charge is 0.442 e. The molecule has 0 bridgehead atoms. The minimum Gasteiger partial charge on any atom is -0.442 e. The van der Waals surface area contributed by atoms with Crippen LogP contribution in [0.5, 0.6) is 0 Å². The molecule has 4 rings (SSSR count). The second kappa shape index (κ2) is 5.57. The van der Waals surface area contributed by atoms with Crippen LogP contribution in [-0.4, -0.2) is 15.6 Å². The lowest BCUT2D eigenvalue weighted by Gasteiger charge is -2.07. The molecule has 2 aromatic carbocycles. The molecule has 0 saturated heterocycles. The number of benzene rings is 2. The Balaban J connectivity index is 1.76. The van der Waals surface area contributed by atoms with Crippen molar-refractivity contribution < 1.29 is 9.53 Å². The molecule has 2 heterocycles. The number of carbonyl (C=O) groups excluding carboxylic acids is 1. The molecule has 0 fully saturated rings. The van der Waals surface area contributed by atoms with Crippen LogP contribution in [0.2, 0.25) is 0 Å². The van der Waals surface area contributed by atoms with Gasteiger partial charge in [0.2, 0.25) is 0 Å². The highest BCUT2D eigenvalue weighted by molar-refractivity contribution is 6.12. The molecule has 4 aromatic rings. The van der Waals surface area contributed by atoms with Gasteiger partial charge in [0.15, 0.2) is 0 Å². The number of ether oxygens (including phenoxy) is 1. The van der Waals surface area contributed by atoms with Crippen molar-refractivity contribution in [2.75, 3.05) is 0 Å². The Kier molecular flexibility index (Phi) is 3.27. The van der Waals surface area contributed by atoms with Crippen molar-refractivity contribution in [3.05, 3.63) is 78.6 Å². The zero-order valence-electron chi connectivity index (χ0n) is 12.3. The van der Waals surface area contributed by atoms with Crippen molar-refractivity contribution in [3.8, 4) is 0 Å². The molecule has 0 spiro atoms. The van der Waals surface area contributed by atoms with Crippen molar-refractivity contribution >= 4 is 27.9 Å². The predicted molar refractivity (Wildman–Crippen MR) is 89.3 cm³/mol. The van der Waals surface area contributed by atoms with E-state index in [0.29, 0.717) is 0 Å². The van der Waals surface area contributed by atoms with Crippen LogP contribution >= 0.6 is 0 Å². The van der Waals surface area contributed by atoms with Crippen molar-refractivity contribution in [1.82, 2.24) is 9.55 Å². The van der Waals surface area contributed by atoms with E-state index in [1.807, 2.05) is 66.7 Å². The highest BCUT2D eigenvalue weighted by Crippen LogP contribution is 2.28. The summed E-state index contributed by atoms with van der Waals surface area (Å²) in [6.45, 7) is 0.153. The van der Waals surface area contributed by atoms with Gasteiger partial charge in [-0.1, -0.05) is 42.5 Å². The summed E-state index contributed by atoms with van der Waals surface area (Å²) in [4.78, 5) is 16.8. The molecule has 0 saturated carbocycles. The summed E-state index contributed by atoms with van der Waals surface area (Å²) in [6, 6.07) is 21.2. The maximum Gasteiger partial charge on any atom is 0.419 e. The van der Waals surface area contributed by atoms with Crippen molar-refractivity contribution in [2.45, 2.75) is 6.61 Å². The fourth-order valence-electron chi connectivity index (χ4n) is 2.80. The van der Waals surface area contributed by atoms with Crippen LogP contribution in [0.15, 0.2) is 72.9 Å². The van der Waals surface area contributed by atoms with Gasteiger partial charge in [0.05, 0.1) is 16.7 Å². The van der Waals surface area contributed by atoms with E-state index >= 15 is 0 Å². The topological polar surface area (TPSA) is 44.1 Å². The van der Waals surface area contributed by atoms with Gasteiger partial charge in [-0.2, -0.15) is 0 Å². The Morgan fingerprint density at radius 2 is 1.48 bits per heavy atom. The Morgan fingerprint density at radius 3 is 2.09 bits per heavy atom. The monoisotopic (exact) mass is 302 g/mol. The number of aromatic nitrogens is 2. The summed E-state index contributed by atoms with van der Waals surface area (Å²) in [5, 5.41) is 2.08. The van der Waals surface area contributed by atoms with Crippen LogP contribution in [0.25, 0.3) is 21.8 Å². The normalized spacial score (nSPS) is 11.0. The number of nitrogens with zero attached hydrogens (tertiary/aromatic N) is 2. The van der Waals surface area contributed by atoms with E-state index in [1.54, 1.807) is 10.8 Å². The second-order valence-electron chi connectivity index (χ2n) is 5.25. The fraction of sp³-hybridized carbons (Fsp3) is 0.0526. The number of hydrogen-bond donors (Lipinski definition) is 0. The molecule has 23 heavy (non-hydrogen) atoms. The summed E-state index contributed by atoms with van der Waals surface area (Å²) in [5.41, 5.74) is 2.42. The van der Waals surface area contributed by atoms with Gasteiger partial charge in [0.1, 0.15) is 6.61 Å². The summed E-state index contributed by atoms with van der Waals surface area (Å²) in [7, 11) is 0. The number of carbonyl (C=O) groups is 1. The predicted octanol–water partition coefficient (Wildman–Crippen LogP) is 4.37. The molecule has 0 aliphatic rings. The van der Waals surface area contributed by atoms with Gasteiger partial charge in [-0.25, -0.2) is 9.36 Å². The van der Waals surface area contributed by atoms with Crippen LogP contribution < -0.4 is 0 Å². The van der Waals surface area contributed by atoms with Crippen LogP contribution in [0.1, 0.15) is 5.69 Å². The van der Waals surface area contributed by atoms with Gasteiger partial charge in [0.25, 0.3) is 0 Å².